The van der Waals surface area contributed by atoms with Crippen molar-refractivity contribution in [2.24, 2.45) is 0 Å². The highest BCUT2D eigenvalue weighted by Gasteiger charge is 2.24. The first-order chi connectivity index (χ1) is 13.8. The first-order valence-electron chi connectivity index (χ1n) is 8.66. The molecule has 2 heterocycles. The van der Waals surface area contributed by atoms with Crippen LogP contribution in [0.15, 0.2) is 52.3 Å². The molecule has 0 radical (unpaired) electrons. The number of carbonyl (C=O) groups is 2. The number of halogens is 2. The van der Waals surface area contributed by atoms with Gasteiger partial charge < -0.3 is 9.52 Å². The molecule has 0 spiro atoms. The van der Waals surface area contributed by atoms with E-state index in [1.165, 1.54) is 6.07 Å². The summed E-state index contributed by atoms with van der Waals surface area (Å²) in [4.78, 5) is 25.0. The molecular formula is C22H14ClFO4S. The standard InChI is InChI=1S/C22H14ClFO4S/c1-11-6-13(16(24)8-15(11)23)14-10-29-20(21(14)22(26)27)9-17(25)19-7-12-4-2-3-5-18(12)28-19/h2-8,10H,9H2,1H3,(H,26,27). The van der Waals surface area contributed by atoms with Gasteiger partial charge in [0.15, 0.2) is 5.76 Å². The van der Waals surface area contributed by atoms with Gasteiger partial charge in [-0.05, 0) is 42.1 Å². The maximum atomic E-state index is 14.5. The van der Waals surface area contributed by atoms with Crippen LogP contribution in [0.3, 0.4) is 0 Å². The number of benzene rings is 2. The number of carbonyl (C=O) groups excluding carboxylic acids is 1. The molecule has 146 valence electrons. The summed E-state index contributed by atoms with van der Waals surface area (Å²) in [5, 5.41) is 12.3. The Bertz CT molecular complexity index is 1240. The maximum Gasteiger partial charge on any atom is 0.337 e. The lowest BCUT2D eigenvalue weighted by Gasteiger charge is -2.07. The number of hydrogen-bond donors (Lipinski definition) is 1. The van der Waals surface area contributed by atoms with E-state index in [9.17, 15) is 19.1 Å². The Kier molecular flexibility index (Phi) is 4.98. The molecule has 7 heteroatoms. The highest BCUT2D eigenvalue weighted by Crippen LogP contribution is 2.36. The molecule has 4 rings (SSSR count). The summed E-state index contributed by atoms with van der Waals surface area (Å²) in [6.07, 6.45) is -0.152. The van der Waals surface area contributed by atoms with Crippen LogP contribution in [0, 0.1) is 12.7 Å². The second kappa shape index (κ2) is 7.46. The van der Waals surface area contributed by atoms with Crippen molar-refractivity contribution in [3.05, 3.63) is 80.4 Å². The van der Waals surface area contributed by atoms with Gasteiger partial charge in [0.05, 0.1) is 5.56 Å². The van der Waals surface area contributed by atoms with Crippen molar-refractivity contribution in [3.63, 3.8) is 0 Å². The number of Topliss-reactive ketones (excluding diaryl/α,β-unsaturated/α-hetero) is 1. The van der Waals surface area contributed by atoms with Gasteiger partial charge in [-0.15, -0.1) is 11.3 Å². The number of para-hydroxylation sites is 1. The second-order valence-corrected chi connectivity index (χ2v) is 7.95. The van der Waals surface area contributed by atoms with Crippen molar-refractivity contribution in [3.8, 4) is 11.1 Å². The Morgan fingerprint density at radius 2 is 1.93 bits per heavy atom. The van der Waals surface area contributed by atoms with E-state index >= 15 is 0 Å². The van der Waals surface area contributed by atoms with Crippen molar-refractivity contribution in [1.29, 1.82) is 0 Å². The van der Waals surface area contributed by atoms with Crippen LogP contribution in [0.5, 0.6) is 0 Å². The predicted molar refractivity (Wildman–Crippen MR) is 111 cm³/mol. The highest BCUT2D eigenvalue weighted by atomic mass is 35.5. The minimum absolute atomic E-state index is 0.0833. The van der Waals surface area contributed by atoms with Gasteiger partial charge in [-0.1, -0.05) is 29.8 Å². The topological polar surface area (TPSA) is 67.5 Å². The number of aryl methyl sites for hydroxylation is 1. The van der Waals surface area contributed by atoms with Gasteiger partial charge in [-0.2, -0.15) is 0 Å². The van der Waals surface area contributed by atoms with Crippen LogP contribution in [0.2, 0.25) is 5.02 Å². The lowest BCUT2D eigenvalue weighted by atomic mass is 9.99. The molecule has 29 heavy (non-hydrogen) atoms. The molecule has 1 N–H and O–H groups in total. The molecule has 4 aromatic rings. The number of fused-ring (bicyclic) bond motifs is 1. The summed E-state index contributed by atoms with van der Waals surface area (Å²) in [5.41, 5.74) is 1.50. The number of rotatable bonds is 5. The quantitative estimate of drug-likeness (QED) is 0.374. The molecule has 0 amide bonds. The maximum absolute atomic E-state index is 14.5. The third kappa shape index (κ3) is 3.57. The molecule has 0 atom stereocenters. The van der Waals surface area contributed by atoms with Crippen LogP contribution in [-0.2, 0) is 6.42 Å². The first kappa shape index (κ1) is 19.4. The third-order valence-electron chi connectivity index (χ3n) is 4.64. The smallest absolute Gasteiger partial charge is 0.337 e. The Morgan fingerprint density at radius 3 is 2.66 bits per heavy atom. The van der Waals surface area contributed by atoms with Crippen molar-refractivity contribution in [2.45, 2.75) is 13.3 Å². The fraction of sp³-hybridized carbons (Fsp3) is 0.0909. The van der Waals surface area contributed by atoms with E-state index < -0.39 is 11.8 Å². The molecule has 0 bridgehead atoms. The molecule has 0 saturated carbocycles. The van der Waals surface area contributed by atoms with Crippen molar-refractivity contribution < 1.29 is 23.5 Å². The molecule has 0 aliphatic rings. The Balaban J connectivity index is 1.73. The zero-order chi connectivity index (χ0) is 20.7. The third-order valence-corrected chi connectivity index (χ3v) is 6.03. The SMILES string of the molecule is Cc1cc(-c2csc(CC(=O)c3cc4ccccc4o3)c2C(=O)O)c(F)cc1Cl. The minimum atomic E-state index is -1.22. The summed E-state index contributed by atoms with van der Waals surface area (Å²) in [6.45, 7) is 1.71. The largest absolute Gasteiger partial charge is 0.478 e. The zero-order valence-electron chi connectivity index (χ0n) is 15.2. The van der Waals surface area contributed by atoms with E-state index in [1.54, 1.807) is 30.5 Å². The summed E-state index contributed by atoms with van der Waals surface area (Å²) >= 11 is 7.05. The van der Waals surface area contributed by atoms with Gasteiger partial charge in [0, 0.05) is 32.8 Å². The minimum Gasteiger partial charge on any atom is -0.478 e. The second-order valence-electron chi connectivity index (χ2n) is 6.58. The van der Waals surface area contributed by atoms with Crippen molar-refractivity contribution in [1.82, 2.24) is 0 Å². The van der Waals surface area contributed by atoms with E-state index in [1.807, 2.05) is 12.1 Å². The normalized spacial score (nSPS) is 11.1. The summed E-state index contributed by atoms with van der Waals surface area (Å²) in [6, 6.07) is 11.5. The Morgan fingerprint density at radius 1 is 1.17 bits per heavy atom. The van der Waals surface area contributed by atoms with Gasteiger partial charge >= 0.3 is 5.97 Å². The number of aromatic carboxylic acids is 1. The molecule has 2 aromatic heterocycles. The molecule has 0 saturated heterocycles. The van der Waals surface area contributed by atoms with Crippen LogP contribution in [0.25, 0.3) is 22.1 Å². The lowest BCUT2D eigenvalue weighted by Crippen LogP contribution is -2.07. The Hall–Kier alpha value is -2.96. The summed E-state index contributed by atoms with van der Waals surface area (Å²) in [7, 11) is 0. The first-order valence-corrected chi connectivity index (χ1v) is 9.92. The number of carboxylic acid groups (broad SMARTS) is 1. The monoisotopic (exact) mass is 428 g/mol. The van der Waals surface area contributed by atoms with E-state index in [0.29, 0.717) is 16.0 Å². The molecular weight excluding hydrogens is 415 g/mol. The number of carboxylic acids is 1. The molecule has 0 unspecified atom stereocenters. The average Bonchev–Trinajstić information content (AvgIpc) is 3.28. The van der Waals surface area contributed by atoms with Crippen LogP contribution in [0.4, 0.5) is 4.39 Å². The lowest BCUT2D eigenvalue weighted by molar-refractivity contribution is 0.0697. The Labute approximate surface area is 174 Å². The fourth-order valence-electron chi connectivity index (χ4n) is 3.18. The zero-order valence-corrected chi connectivity index (χ0v) is 16.7. The molecule has 0 aliphatic carbocycles. The number of furan rings is 1. The average molecular weight is 429 g/mol. The highest BCUT2D eigenvalue weighted by molar-refractivity contribution is 7.11. The number of thiophene rings is 1. The fourth-order valence-corrected chi connectivity index (χ4v) is 4.36. The van der Waals surface area contributed by atoms with Gasteiger partial charge in [0.1, 0.15) is 11.4 Å². The van der Waals surface area contributed by atoms with Gasteiger partial charge in [0.25, 0.3) is 0 Å². The molecule has 4 nitrogen and oxygen atoms in total. The van der Waals surface area contributed by atoms with Gasteiger partial charge in [0.2, 0.25) is 5.78 Å². The number of hydrogen-bond acceptors (Lipinski definition) is 4. The van der Waals surface area contributed by atoms with E-state index in [0.717, 1.165) is 22.8 Å². The van der Waals surface area contributed by atoms with Gasteiger partial charge in [-0.25, -0.2) is 9.18 Å². The summed E-state index contributed by atoms with van der Waals surface area (Å²) in [5.74, 6) is -2.02. The molecule has 0 fully saturated rings. The van der Waals surface area contributed by atoms with Crippen molar-refractivity contribution >= 4 is 45.7 Å². The van der Waals surface area contributed by atoms with Crippen LogP contribution >= 0.6 is 22.9 Å². The molecule has 0 aliphatic heterocycles. The van der Waals surface area contributed by atoms with Crippen LogP contribution in [0.1, 0.15) is 31.4 Å². The van der Waals surface area contributed by atoms with E-state index in [-0.39, 0.29) is 39.7 Å². The van der Waals surface area contributed by atoms with E-state index in [4.69, 9.17) is 16.0 Å². The van der Waals surface area contributed by atoms with E-state index in [2.05, 4.69) is 0 Å². The molecule has 2 aromatic carbocycles. The van der Waals surface area contributed by atoms with Gasteiger partial charge in [-0.3, -0.25) is 4.79 Å². The summed E-state index contributed by atoms with van der Waals surface area (Å²) < 4.78 is 20.0. The predicted octanol–water partition coefficient (Wildman–Crippen LogP) is 6.39. The van der Waals surface area contributed by atoms with Crippen LogP contribution in [-0.4, -0.2) is 16.9 Å². The number of ketones is 1. The van der Waals surface area contributed by atoms with Crippen molar-refractivity contribution in [2.75, 3.05) is 0 Å². The van der Waals surface area contributed by atoms with Crippen LogP contribution < -0.4 is 0 Å².